The molecule has 1 fully saturated rings. The Hall–Kier alpha value is -1.16. The van der Waals surface area contributed by atoms with Crippen LogP contribution >= 0.6 is 23.9 Å². The van der Waals surface area contributed by atoms with Gasteiger partial charge < -0.3 is 24.8 Å². The molecule has 30 heavy (non-hydrogen) atoms. The van der Waals surface area contributed by atoms with Gasteiger partial charge in [-0.3, -0.25) is 14.3 Å². The van der Waals surface area contributed by atoms with Gasteiger partial charge in [0.2, 0.25) is 0 Å². The van der Waals surface area contributed by atoms with Crippen molar-refractivity contribution in [3.05, 3.63) is 32.6 Å². The van der Waals surface area contributed by atoms with E-state index in [2.05, 4.69) is 22.8 Å². The highest BCUT2D eigenvalue weighted by atomic mass is 31.3. The SMILES string of the molecule is Cn1c(=O)[nH]cc([C@@H]2O[C@H](CO[P+](=O)OP(=O)(O)OP(=O)(O)OO)[C@@H](O)[C@H]2O)c1=O. The number of aromatic nitrogens is 2. The van der Waals surface area contributed by atoms with Crippen LogP contribution in [0.3, 0.4) is 0 Å². The Morgan fingerprint density at radius 1 is 1.23 bits per heavy atom. The Morgan fingerprint density at radius 2 is 1.87 bits per heavy atom. The fourth-order valence-electron chi connectivity index (χ4n) is 2.33. The van der Waals surface area contributed by atoms with Crippen molar-refractivity contribution >= 4 is 23.9 Å². The predicted octanol–water partition coefficient (Wildman–Crippen LogP) is -1.37. The van der Waals surface area contributed by atoms with Gasteiger partial charge in [-0.1, -0.05) is 0 Å². The molecule has 6 N–H and O–H groups in total. The first kappa shape index (κ1) is 25.1. The van der Waals surface area contributed by atoms with Gasteiger partial charge >= 0.3 is 29.6 Å². The number of aliphatic hydroxyl groups excluding tert-OH is 2. The number of aliphatic hydroxyl groups is 2. The van der Waals surface area contributed by atoms with Crippen LogP contribution < -0.4 is 11.2 Å². The lowest BCUT2D eigenvalue weighted by atomic mass is 10.0. The van der Waals surface area contributed by atoms with E-state index in [1.807, 2.05) is 0 Å². The average molecular weight is 497 g/mol. The molecule has 0 aromatic carbocycles. The molecule has 1 aromatic rings. The number of aromatic amines is 1. The van der Waals surface area contributed by atoms with E-state index in [9.17, 15) is 33.5 Å². The zero-order valence-corrected chi connectivity index (χ0v) is 17.4. The minimum absolute atomic E-state index is 0.206. The summed E-state index contributed by atoms with van der Waals surface area (Å²) in [6.45, 7) is -0.805. The quantitative estimate of drug-likeness (QED) is 0.131. The third kappa shape index (κ3) is 5.96. The summed E-state index contributed by atoms with van der Waals surface area (Å²) in [4.78, 5) is 43.6. The summed E-state index contributed by atoms with van der Waals surface area (Å²) in [6.07, 6.45) is -5.17. The van der Waals surface area contributed by atoms with Crippen LogP contribution in [0.5, 0.6) is 0 Å². The third-order valence-corrected chi connectivity index (χ3v) is 7.28. The molecule has 3 unspecified atom stereocenters. The second kappa shape index (κ2) is 9.54. The highest BCUT2D eigenvalue weighted by Gasteiger charge is 2.48. The monoisotopic (exact) mass is 497 g/mol. The maximum absolute atomic E-state index is 12.1. The molecule has 7 atom stereocenters. The normalized spacial score (nSPS) is 28.7. The topological polar surface area (TPSA) is 253 Å². The number of H-pyrrole nitrogens is 1. The molecule has 0 aliphatic carbocycles. The van der Waals surface area contributed by atoms with E-state index < -0.39 is 66.2 Å². The number of phosphoric acid groups is 2. The number of ether oxygens (including phenoxy) is 1. The number of rotatable bonds is 9. The molecule has 0 radical (unpaired) electrons. The Morgan fingerprint density at radius 3 is 2.47 bits per heavy atom. The summed E-state index contributed by atoms with van der Waals surface area (Å²) in [7, 11) is -13.2. The number of hydrogen-bond acceptors (Lipinski definition) is 13. The summed E-state index contributed by atoms with van der Waals surface area (Å²) < 4.78 is 54.7. The summed E-state index contributed by atoms with van der Waals surface area (Å²) >= 11 is 0. The van der Waals surface area contributed by atoms with E-state index in [1.54, 1.807) is 0 Å². The number of nitrogens with one attached hydrogen (secondary N) is 1. The maximum atomic E-state index is 12.1. The van der Waals surface area contributed by atoms with Gasteiger partial charge in [0.1, 0.15) is 31.0 Å². The van der Waals surface area contributed by atoms with Crippen molar-refractivity contribution in [3.63, 3.8) is 0 Å². The number of nitrogens with zero attached hydrogens (tertiary/aromatic N) is 1. The molecule has 2 heterocycles. The minimum atomic E-state index is -5.49. The molecule has 2 rings (SSSR count). The number of hydrogen-bond donors (Lipinski definition) is 6. The maximum Gasteiger partial charge on any atom is 0.708 e. The summed E-state index contributed by atoms with van der Waals surface area (Å²) in [5.41, 5.74) is -1.76. The second-order valence-corrected chi connectivity index (χ2v) is 9.74. The van der Waals surface area contributed by atoms with E-state index >= 15 is 0 Å². The Bertz CT molecular complexity index is 1010. The molecule has 1 saturated heterocycles. The molecular weight excluding hydrogens is 481 g/mol. The largest absolute Gasteiger partial charge is 0.708 e. The van der Waals surface area contributed by atoms with Gasteiger partial charge in [-0.25, -0.2) is 19.2 Å². The minimum Gasteiger partial charge on any atom is -0.387 e. The van der Waals surface area contributed by atoms with Crippen LogP contribution in [0.2, 0.25) is 0 Å². The van der Waals surface area contributed by atoms with Gasteiger partial charge in [0.25, 0.3) is 5.56 Å². The first-order chi connectivity index (χ1) is 13.8. The van der Waals surface area contributed by atoms with Crippen LogP contribution in [0, 0.1) is 0 Å². The van der Waals surface area contributed by atoms with E-state index in [-0.39, 0.29) is 5.56 Å². The van der Waals surface area contributed by atoms with Crippen molar-refractivity contribution in [2.45, 2.75) is 24.4 Å². The van der Waals surface area contributed by atoms with Crippen molar-refractivity contribution < 1.29 is 61.5 Å². The molecule has 1 aliphatic heterocycles. The van der Waals surface area contributed by atoms with Crippen molar-refractivity contribution in [3.8, 4) is 0 Å². The predicted molar refractivity (Wildman–Crippen MR) is 91.0 cm³/mol. The van der Waals surface area contributed by atoms with Gasteiger partial charge in [0.15, 0.2) is 0 Å². The lowest BCUT2D eigenvalue weighted by Gasteiger charge is -2.14. The first-order valence-electron chi connectivity index (χ1n) is 7.58. The molecule has 0 amide bonds. The molecule has 1 aromatic heterocycles. The lowest BCUT2D eigenvalue weighted by Crippen LogP contribution is -2.37. The molecular formula is C10H16N2O15P3+. The van der Waals surface area contributed by atoms with Crippen molar-refractivity contribution in [2.75, 3.05) is 6.61 Å². The third-order valence-electron chi connectivity index (χ3n) is 3.70. The van der Waals surface area contributed by atoms with Crippen LogP contribution in [0.25, 0.3) is 0 Å². The highest BCUT2D eigenvalue weighted by molar-refractivity contribution is 7.64. The molecule has 20 heteroatoms. The standard InChI is InChI=1S/C10H15N2O15P3/c1-12-9(15)4(2-11-10(12)16)8-7(14)6(13)5(24-8)3-23-28(18)26-30(21,22)27-29(19,20)25-17/h2,5-8,13-14H,3H2,1H3,(H3-,11,15,16,17,19,20,21,22)/p+1/t5-,6-,7-,8+/m1/s1. The fraction of sp³-hybridized carbons (Fsp3) is 0.600. The summed E-state index contributed by atoms with van der Waals surface area (Å²) in [6, 6.07) is 0. The van der Waals surface area contributed by atoms with Crippen LogP contribution in [-0.2, 0) is 43.3 Å². The molecule has 0 saturated carbocycles. The summed E-state index contributed by atoms with van der Waals surface area (Å²) in [5.74, 6) is 0. The Balaban J connectivity index is 2.02. The van der Waals surface area contributed by atoms with Crippen LogP contribution in [-0.4, -0.2) is 59.7 Å². The first-order valence-corrected chi connectivity index (χ1v) is 11.7. The molecule has 0 bridgehead atoms. The van der Waals surface area contributed by atoms with Crippen molar-refractivity contribution in [2.24, 2.45) is 7.05 Å². The molecule has 1 aliphatic rings. The van der Waals surface area contributed by atoms with Crippen LogP contribution in [0.4, 0.5) is 0 Å². The van der Waals surface area contributed by atoms with Crippen LogP contribution in [0.1, 0.15) is 11.7 Å². The zero-order chi connectivity index (χ0) is 22.9. The van der Waals surface area contributed by atoms with Crippen molar-refractivity contribution in [1.82, 2.24) is 9.55 Å². The van der Waals surface area contributed by atoms with Gasteiger partial charge in [-0.05, 0) is 4.31 Å². The second-order valence-electron chi connectivity index (χ2n) is 5.69. The summed E-state index contributed by atoms with van der Waals surface area (Å²) in [5, 5.41) is 28.1. The fourth-order valence-corrected chi connectivity index (χ4v) is 5.01. The van der Waals surface area contributed by atoms with Gasteiger partial charge in [0.05, 0.1) is 5.56 Å². The molecule has 170 valence electrons. The smallest absolute Gasteiger partial charge is 0.387 e. The molecule has 17 nitrogen and oxygen atoms in total. The van der Waals surface area contributed by atoms with Crippen LogP contribution in [0.15, 0.2) is 15.8 Å². The van der Waals surface area contributed by atoms with Gasteiger partial charge in [0, 0.05) is 17.8 Å². The Labute approximate surface area is 166 Å². The van der Waals surface area contributed by atoms with E-state index in [0.29, 0.717) is 4.57 Å². The zero-order valence-electron chi connectivity index (χ0n) is 14.7. The Kier molecular flexibility index (Phi) is 7.99. The highest BCUT2D eigenvalue weighted by Crippen LogP contribution is 2.63. The van der Waals surface area contributed by atoms with E-state index in [1.165, 1.54) is 0 Å². The lowest BCUT2D eigenvalue weighted by molar-refractivity contribution is -0.157. The van der Waals surface area contributed by atoms with E-state index in [0.717, 1.165) is 13.2 Å². The molecule has 0 spiro atoms. The van der Waals surface area contributed by atoms with Gasteiger partial charge in [-0.15, -0.1) is 9.20 Å². The van der Waals surface area contributed by atoms with Gasteiger partial charge in [-0.2, -0.15) is 4.31 Å². The average Bonchev–Trinajstić information content (AvgIpc) is 2.91. The van der Waals surface area contributed by atoms with E-state index in [4.69, 9.17) is 19.8 Å². The van der Waals surface area contributed by atoms with Crippen molar-refractivity contribution in [1.29, 1.82) is 0 Å².